The normalized spacial score (nSPS) is 45.2. The second-order valence-electron chi connectivity index (χ2n) is 10.2. The lowest BCUT2D eigenvalue weighted by molar-refractivity contribution is -0.209. The molecule has 7 atom stereocenters. The lowest BCUT2D eigenvalue weighted by Crippen LogP contribution is -2.68. The third-order valence-electron chi connectivity index (χ3n) is 8.95. The van der Waals surface area contributed by atoms with Gasteiger partial charge in [-0.25, -0.2) is 4.39 Å². The van der Waals surface area contributed by atoms with Gasteiger partial charge in [-0.05, 0) is 75.7 Å². The molecule has 3 nitrogen and oxygen atoms in total. The summed E-state index contributed by atoms with van der Waals surface area (Å²) in [5, 5.41) is 0. The number of ketones is 1. The predicted octanol–water partition coefficient (Wildman–Crippen LogP) is 6.30. The average Bonchev–Trinajstić information content (AvgIpc) is 3.02. The molecule has 6 heteroatoms. The van der Waals surface area contributed by atoms with Crippen molar-refractivity contribution in [2.45, 2.75) is 75.7 Å². The third kappa shape index (κ3) is 3.22. The van der Waals surface area contributed by atoms with E-state index < -0.39 is 23.2 Å². The van der Waals surface area contributed by atoms with Crippen LogP contribution in [0, 0.1) is 22.7 Å². The van der Waals surface area contributed by atoms with Gasteiger partial charge in [-0.2, -0.15) is 0 Å². The number of thioether (sulfide) groups is 2. The molecule has 0 aromatic carbocycles. The van der Waals surface area contributed by atoms with E-state index in [4.69, 9.17) is 4.74 Å². The molecule has 0 bridgehead atoms. The summed E-state index contributed by atoms with van der Waals surface area (Å²) in [7, 11) is 0. The molecule has 0 spiro atoms. The summed E-state index contributed by atoms with van der Waals surface area (Å²) in [6.45, 7) is 7.64. The van der Waals surface area contributed by atoms with Gasteiger partial charge in [0.15, 0.2) is 11.5 Å². The molecular weight excluding hydrogens is 443 g/mol. The number of alkyl halides is 1. The van der Waals surface area contributed by atoms with Gasteiger partial charge < -0.3 is 4.74 Å². The Morgan fingerprint density at radius 3 is 2.72 bits per heavy atom. The Balaban J connectivity index is 1.81. The minimum Gasteiger partial charge on any atom is -0.459 e. The van der Waals surface area contributed by atoms with Gasteiger partial charge in [0.1, 0.15) is 6.10 Å². The number of allylic oxidation sites excluding steroid dienone is 5. The van der Waals surface area contributed by atoms with E-state index in [1.165, 1.54) is 13.0 Å². The van der Waals surface area contributed by atoms with Crippen molar-refractivity contribution in [3.63, 3.8) is 0 Å². The first-order valence-electron chi connectivity index (χ1n) is 11.7. The van der Waals surface area contributed by atoms with E-state index in [1.807, 2.05) is 37.4 Å². The van der Waals surface area contributed by atoms with Gasteiger partial charge in [0.2, 0.25) is 0 Å². The molecule has 0 amide bonds. The average molecular weight is 479 g/mol. The summed E-state index contributed by atoms with van der Waals surface area (Å²) in [6.07, 6.45) is 14.4. The molecule has 0 aromatic rings. The van der Waals surface area contributed by atoms with Gasteiger partial charge in [0, 0.05) is 24.0 Å². The molecular formula is C26H35FO3S2. The van der Waals surface area contributed by atoms with Crippen LogP contribution in [0.2, 0.25) is 0 Å². The van der Waals surface area contributed by atoms with Gasteiger partial charge >= 0.3 is 5.97 Å². The maximum Gasteiger partial charge on any atom is 0.303 e. The van der Waals surface area contributed by atoms with Gasteiger partial charge in [-0.15, -0.1) is 23.5 Å². The summed E-state index contributed by atoms with van der Waals surface area (Å²) in [4.78, 5) is 24.3. The molecule has 0 saturated heterocycles. The zero-order chi connectivity index (χ0) is 23.4. The molecule has 0 radical (unpaired) electrons. The van der Waals surface area contributed by atoms with Gasteiger partial charge in [0.25, 0.3) is 0 Å². The Bertz CT molecular complexity index is 898. The lowest BCUT2D eigenvalue weighted by atomic mass is 9.46. The van der Waals surface area contributed by atoms with Crippen molar-refractivity contribution in [1.29, 1.82) is 0 Å². The highest BCUT2D eigenvalue weighted by Crippen LogP contribution is 2.74. The van der Waals surface area contributed by atoms with Crippen molar-refractivity contribution >= 4 is 35.3 Å². The van der Waals surface area contributed by atoms with E-state index in [-0.39, 0.29) is 27.1 Å². The van der Waals surface area contributed by atoms with Gasteiger partial charge in [-0.3, -0.25) is 9.59 Å². The smallest absolute Gasteiger partial charge is 0.303 e. The maximum atomic E-state index is 17.7. The quantitative estimate of drug-likeness (QED) is 0.264. The monoisotopic (exact) mass is 478 g/mol. The van der Waals surface area contributed by atoms with E-state index in [2.05, 4.69) is 25.3 Å². The summed E-state index contributed by atoms with van der Waals surface area (Å²) < 4.78 is 23.5. The molecule has 0 aliphatic heterocycles. The number of hydrogen-bond donors (Lipinski definition) is 0. The fourth-order valence-electron chi connectivity index (χ4n) is 7.36. The second kappa shape index (κ2) is 8.33. The van der Waals surface area contributed by atoms with Crippen molar-refractivity contribution in [3.05, 3.63) is 36.0 Å². The molecule has 0 heterocycles. The van der Waals surface area contributed by atoms with Crippen LogP contribution in [0.4, 0.5) is 4.39 Å². The molecule has 176 valence electrons. The number of carbonyl (C=O) groups excluding carboxylic acids is 2. The summed E-state index contributed by atoms with van der Waals surface area (Å²) in [5.41, 5.74) is -1.94. The first-order chi connectivity index (χ1) is 15.1. The Morgan fingerprint density at radius 1 is 1.31 bits per heavy atom. The van der Waals surface area contributed by atoms with E-state index >= 15 is 4.39 Å². The van der Waals surface area contributed by atoms with Crippen molar-refractivity contribution in [2.75, 3.05) is 12.0 Å². The Kier molecular flexibility index (Phi) is 6.28. The highest BCUT2D eigenvalue weighted by Gasteiger charge is 2.74. The number of rotatable bonds is 5. The molecule has 3 fully saturated rings. The summed E-state index contributed by atoms with van der Waals surface area (Å²) in [6, 6.07) is 0. The second-order valence-corrected chi connectivity index (χ2v) is 12.9. The van der Waals surface area contributed by atoms with Crippen molar-refractivity contribution in [1.82, 2.24) is 0 Å². The van der Waals surface area contributed by atoms with E-state index in [1.54, 1.807) is 12.2 Å². The lowest BCUT2D eigenvalue weighted by Gasteiger charge is -2.63. The minimum atomic E-state index is -1.72. The van der Waals surface area contributed by atoms with Crippen LogP contribution in [-0.4, -0.2) is 39.6 Å². The molecule has 3 saturated carbocycles. The van der Waals surface area contributed by atoms with E-state index in [0.29, 0.717) is 12.8 Å². The van der Waals surface area contributed by atoms with Crippen LogP contribution in [-0.2, 0) is 14.3 Å². The molecule has 4 aliphatic rings. The van der Waals surface area contributed by atoms with Crippen LogP contribution in [0.25, 0.3) is 0 Å². The number of carbonyl (C=O) groups is 2. The van der Waals surface area contributed by atoms with Crippen LogP contribution in [0.3, 0.4) is 0 Å². The first-order valence-corrected chi connectivity index (χ1v) is 13.9. The Labute approximate surface area is 200 Å². The standard InChI is InChI=1S/C26H35FO3S2/c1-6-7-14-32-25(31-5)13-11-20-21-9-8-18-15-19(29)10-12-23(18,3)26(21,27)22(30-17(2)28)16-24(20,25)4/h6-7,10,12,15,20-22H,8-9,11,13-14,16H2,1-5H3/b7-6+/t20-,21-,22-,23-,24-,25-,26-/m0/s1. The molecule has 0 unspecified atom stereocenters. The van der Waals surface area contributed by atoms with Crippen LogP contribution in [0.5, 0.6) is 0 Å². The minimum absolute atomic E-state index is 0.0354. The predicted molar refractivity (Wildman–Crippen MR) is 131 cm³/mol. The SMILES string of the molecule is C/C=C/CS[C@@]1(SC)CC[C@H]2[C@@H]3CCC4=CC(=O)C=C[C@]4(C)[C@@]3(F)[C@@H](OC(C)=O)C[C@@]21C. The molecule has 0 N–H and O–H groups in total. The summed E-state index contributed by atoms with van der Waals surface area (Å²) >= 11 is 3.86. The number of ether oxygens (including phenoxy) is 1. The number of halogens is 1. The highest BCUT2D eigenvalue weighted by molar-refractivity contribution is 8.18. The van der Waals surface area contributed by atoms with E-state index in [0.717, 1.165) is 30.6 Å². The maximum absolute atomic E-state index is 17.7. The first kappa shape index (κ1) is 24.1. The number of fused-ring (bicyclic) bond motifs is 5. The van der Waals surface area contributed by atoms with Gasteiger partial charge in [0.05, 0.1) is 4.08 Å². The fourth-order valence-corrected chi connectivity index (χ4v) is 10.4. The molecule has 4 rings (SSSR count). The van der Waals surface area contributed by atoms with Crippen LogP contribution in [0.15, 0.2) is 36.0 Å². The zero-order valence-electron chi connectivity index (χ0n) is 19.8. The van der Waals surface area contributed by atoms with Crippen LogP contribution >= 0.6 is 23.5 Å². The molecule has 0 aromatic heterocycles. The third-order valence-corrected chi connectivity index (χ3v) is 12.6. The Morgan fingerprint density at radius 2 is 2.06 bits per heavy atom. The van der Waals surface area contributed by atoms with Crippen molar-refractivity contribution < 1.29 is 18.7 Å². The highest BCUT2D eigenvalue weighted by atomic mass is 32.2. The topological polar surface area (TPSA) is 43.4 Å². The zero-order valence-corrected chi connectivity index (χ0v) is 21.4. The molecule has 32 heavy (non-hydrogen) atoms. The van der Waals surface area contributed by atoms with Crippen LogP contribution in [0.1, 0.15) is 59.8 Å². The fraction of sp³-hybridized carbons (Fsp3) is 0.692. The van der Waals surface area contributed by atoms with Crippen molar-refractivity contribution in [2.24, 2.45) is 22.7 Å². The summed E-state index contributed by atoms with van der Waals surface area (Å²) in [5.74, 6) is 0.430. The molecule has 4 aliphatic carbocycles. The number of esters is 1. The number of hydrogen-bond acceptors (Lipinski definition) is 5. The largest absolute Gasteiger partial charge is 0.459 e. The Hall–Kier alpha value is -1.01. The van der Waals surface area contributed by atoms with Crippen molar-refractivity contribution in [3.8, 4) is 0 Å². The van der Waals surface area contributed by atoms with Crippen LogP contribution < -0.4 is 0 Å². The van der Waals surface area contributed by atoms with Gasteiger partial charge in [-0.1, -0.05) is 30.7 Å². The van der Waals surface area contributed by atoms with E-state index in [9.17, 15) is 9.59 Å².